The number of hydrogen-bond donors (Lipinski definition) is 2. The van der Waals surface area contributed by atoms with Gasteiger partial charge in [0.2, 0.25) is 0 Å². The number of benzene rings is 1. The van der Waals surface area contributed by atoms with Crippen LogP contribution in [0.5, 0.6) is 0 Å². The first-order valence-corrected chi connectivity index (χ1v) is 11.6. The molecule has 0 saturated heterocycles. The Balaban J connectivity index is 1.30. The SMILES string of the molecule is CN(Cc1csc(NC(=O)NCc2cccc(F)c2)n1)C(=O)c1csc(-c2cccnc2)n1. The third kappa shape index (κ3) is 5.96. The average molecular weight is 483 g/mol. The Bertz CT molecular complexity index is 1260. The van der Waals surface area contributed by atoms with Crippen LogP contribution in [0.3, 0.4) is 0 Å². The molecular weight excluding hydrogens is 463 g/mol. The molecule has 168 valence electrons. The highest BCUT2D eigenvalue weighted by Crippen LogP contribution is 2.24. The normalized spacial score (nSPS) is 10.6. The van der Waals surface area contributed by atoms with Gasteiger partial charge in [-0.1, -0.05) is 12.1 Å². The van der Waals surface area contributed by atoms with Gasteiger partial charge in [-0.05, 0) is 29.8 Å². The van der Waals surface area contributed by atoms with Crippen LogP contribution < -0.4 is 10.6 Å². The summed E-state index contributed by atoms with van der Waals surface area (Å²) in [7, 11) is 1.67. The van der Waals surface area contributed by atoms with E-state index in [2.05, 4.69) is 25.6 Å². The molecule has 3 heterocycles. The van der Waals surface area contributed by atoms with Crippen molar-refractivity contribution in [3.8, 4) is 10.6 Å². The van der Waals surface area contributed by atoms with Crippen molar-refractivity contribution in [1.29, 1.82) is 0 Å². The molecule has 4 rings (SSSR count). The Labute approximate surface area is 197 Å². The second-order valence-corrected chi connectivity index (χ2v) is 8.74. The third-order valence-corrected chi connectivity index (χ3v) is 6.19. The maximum absolute atomic E-state index is 13.2. The predicted molar refractivity (Wildman–Crippen MR) is 126 cm³/mol. The molecule has 0 aliphatic heterocycles. The summed E-state index contributed by atoms with van der Waals surface area (Å²) < 4.78 is 13.2. The topological polar surface area (TPSA) is 100 Å². The Kier molecular flexibility index (Phi) is 7.01. The number of pyridine rings is 1. The van der Waals surface area contributed by atoms with Gasteiger partial charge >= 0.3 is 6.03 Å². The van der Waals surface area contributed by atoms with Crippen LogP contribution in [0.15, 0.2) is 59.6 Å². The number of halogens is 1. The number of urea groups is 1. The van der Waals surface area contributed by atoms with Gasteiger partial charge in [-0.3, -0.25) is 15.1 Å². The number of nitrogens with one attached hydrogen (secondary N) is 2. The molecule has 33 heavy (non-hydrogen) atoms. The van der Waals surface area contributed by atoms with Crippen molar-refractivity contribution >= 4 is 39.7 Å². The molecule has 3 aromatic heterocycles. The standard InChI is InChI=1S/C22H19FN6O2S2/c1-29(20(30)18-13-32-19(27-18)15-5-3-7-24-10-15)11-17-12-33-22(26-17)28-21(31)25-9-14-4-2-6-16(23)8-14/h2-8,10,12-13H,9,11H2,1H3,(H2,25,26,28,31). The van der Waals surface area contributed by atoms with E-state index in [0.717, 1.165) is 10.6 Å². The van der Waals surface area contributed by atoms with Crippen LogP contribution in [0.4, 0.5) is 14.3 Å². The quantitative estimate of drug-likeness (QED) is 0.407. The summed E-state index contributed by atoms with van der Waals surface area (Å²) in [6, 6.07) is 9.27. The van der Waals surface area contributed by atoms with E-state index in [1.54, 1.807) is 42.3 Å². The van der Waals surface area contributed by atoms with Crippen molar-refractivity contribution < 1.29 is 14.0 Å². The van der Waals surface area contributed by atoms with Crippen molar-refractivity contribution in [2.75, 3.05) is 12.4 Å². The van der Waals surface area contributed by atoms with Crippen molar-refractivity contribution in [3.63, 3.8) is 0 Å². The molecule has 0 fully saturated rings. The van der Waals surface area contributed by atoms with Crippen molar-refractivity contribution in [2.45, 2.75) is 13.1 Å². The summed E-state index contributed by atoms with van der Waals surface area (Å²) in [6.45, 7) is 0.454. The zero-order valence-corrected chi connectivity index (χ0v) is 19.1. The molecule has 3 amide bonds. The number of anilines is 1. The molecule has 0 spiro atoms. The lowest BCUT2D eigenvalue weighted by Gasteiger charge is -2.14. The second kappa shape index (κ2) is 10.3. The van der Waals surface area contributed by atoms with Gasteiger partial charge in [0.1, 0.15) is 16.5 Å². The number of thiazole rings is 2. The minimum Gasteiger partial charge on any atom is -0.334 e. The summed E-state index contributed by atoms with van der Waals surface area (Å²) in [5, 5.41) is 9.92. The molecule has 11 heteroatoms. The fourth-order valence-corrected chi connectivity index (χ4v) is 4.39. The highest BCUT2D eigenvalue weighted by molar-refractivity contribution is 7.14. The summed E-state index contributed by atoms with van der Waals surface area (Å²) >= 11 is 2.63. The fraction of sp³-hybridized carbons (Fsp3) is 0.136. The van der Waals surface area contributed by atoms with Gasteiger partial charge in [-0.15, -0.1) is 22.7 Å². The zero-order valence-electron chi connectivity index (χ0n) is 17.5. The number of aromatic nitrogens is 3. The van der Waals surface area contributed by atoms with Gasteiger partial charge in [0, 0.05) is 42.3 Å². The van der Waals surface area contributed by atoms with E-state index in [-0.39, 0.29) is 24.8 Å². The molecule has 0 aliphatic rings. The monoisotopic (exact) mass is 482 g/mol. The van der Waals surface area contributed by atoms with E-state index in [9.17, 15) is 14.0 Å². The maximum Gasteiger partial charge on any atom is 0.321 e. The molecular formula is C22H19FN6O2S2. The lowest BCUT2D eigenvalue weighted by atomic mass is 10.2. The highest BCUT2D eigenvalue weighted by Gasteiger charge is 2.18. The van der Waals surface area contributed by atoms with E-state index < -0.39 is 6.03 Å². The Morgan fingerprint density at radius 3 is 2.79 bits per heavy atom. The number of rotatable bonds is 7. The summed E-state index contributed by atoms with van der Waals surface area (Å²) in [6.07, 6.45) is 3.39. The third-order valence-electron chi connectivity index (χ3n) is 4.49. The molecule has 0 atom stereocenters. The smallest absolute Gasteiger partial charge is 0.321 e. The van der Waals surface area contributed by atoms with Gasteiger partial charge < -0.3 is 10.2 Å². The van der Waals surface area contributed by atoms with E-state index in [1.807, 2.05) is 12.1 Å². The van der Waals surface area contributed by atoms with Gasteiger partial charge in [-0.2, -0.15) is 0 Å². The van der Waals surface area contributed by atoms with Crippen molar-refractivity contribution in [1.82, 2.24) is 25.2 Å². The minimum absolute atomic E-state index is 0.188. The minimum atomic E-state index is -0.449. The molecule has 1 aromatic carbocycles. The highest BCUT2D eigenvalue weighted by atomic mass is 32.1. The van der Waals surface area contributed by atoms with Crippen LogP contribution >= 0.6 is 22.7 Å². The number of carbonyl (C=O) groups is 2. The van der Waals surface area contributed by atoms with E-state index in [1.165, 1.54) is 39.7 Å². The summed E-state index contributed by atoms with van der Waals surface area (Å²) in [4.78, 5) is 39.2. The van der Waals surface area contributed by atoms with E-state index in [4.69, 9.17) is 0 Å². The second-order valence-electron chi connectivity index (χ2n) is 7.02. The van der Waals surface area contributed by atoms with Gasteiger partial charge in [0.25, 0.3) is 5.91 Å². The molecule has 0 radical (unpaired) electrons. The van der Waals surface area contributed by atoms with Crippen LogP contribution in [0.25, 0.3) is 10.6 Å². The first kappa shape index (κ1) is 22.5. The number of carbonyl (C=O) groups excluding carboxylic acids is 2. The fourth-order valence-electron chi connectivity index (χ4n) is 2.91. The van der Waals surface area contributed by atoms with Crippen LogP contribution in [-0.2, 0) is 13.1 Å². The first-order chi connectivity index (χ1) is 16.0. The summed E-state index contributed by atoms with van der Waals surface area (Å²) in [5.74, 6) is -0.583. The predicted octanol–water partition coefficient (Wildman–Crippen LogP) is 4.39. The molecule has 0 bridgehead atoms. The van der Waals surface area contributed by atoms with Crippen LogP contribution in [0.2, 0.25) is 0 Å². The van der Waals surface area contributed by atoms with Gasteiger partial charge in [0.15, 0.2) is 5.13 Å². The molecule has 0 aliphatic carbocycles. The Morgan fingerprint density at radius 1 is 1.12 bits per heavy atom. The number of hydrogen-bond acceptors (Lipinski definition) is 7. The van der Waals surface area contributed by atoms with Crippen LogP contribution in [0, 0.1) is 5.82 Å². The average Bonchev–Trinajstić information content (AvgIpc) is 3.48. The number of nitrogens with zero attached hydrogens (tertiary/aromatic N) is 4. The number of amides is 3. The van der Waals surface area contributed by atoms with Crippen LogP contribution in [-0.4, -0.2) is 38.8 Å². The van der Waals surface area contributed by atoms with Gasteiger partial charge in [-0.25, -0.2) is 19.2 Å². The largest absolute Gasteiger partial charge is 0.334 e. The molecule has 4 aromatic rings. The van der Waals surface area contributed by atoms with E-state index in [0.29, 0.717) is 22.1 Å². The van der Waals surface area contributed by atoms with Crippen molar-refractivity contribution in [2.24, 2.45) is 0 Å². The maximum atomic E-state index is 13.2. The van der Waals surface area contributed by atoms with Crippen molar-refractivity contribution in [3.05, 3.63) is 82.3 Å². The summed E-state index contributed by atoms with van der Waals surface area (Å²) in [5.41, 5.74) is 2.50. The van der Waals surface area contributed by atoms with Gasteiger partial charge in [0.05, 0.1) is 12.2 Å². The lowest BCUT2D eigenvalue weighted by Crippen LogP contribution is -2.28. The van der Waals surface area contributed by atoms with Crippen LogP contribution in [0.1, 0.15) is 21.7 Å². The molecule has 0 saturated carbocycles. The zero-order chi connectivity index (χ0) is 23.2. The van der Waals surface area contributed by atoms with E-state index >= 15 is 0 Å². The Morgan fingerprint density at radius 2 is 2.00 bits per heavy atom. The molecule has 2 N–H and O–H groups in total. The molecule has 8 nitrogen and oxygen atoms in total. The lowest BCUT2D eigenvalue weighted by molar-refractivity contribution is 0.0778. The Hall–Kier alpha value is -3.70. The molecule has 0 unspecified atom stereocenters. The first-order valence-electron chi connectivity index (χ1n) is 9.83.